The lowest BCUT2D eigenvalue weighted by molar-refractivity contribution is -0.135. The predicted molar refractivity (Wildman–Crippen MR) is 139 cm³/mol. The maximum atomic E-state index is 12.3. The van der Waals surface area contributed by atoms with Gasteiger partial charge in [-0.25, -0.2) is 0 Å². The Bertz CT molecular complexity index is 765. The predicted octanol–water partition coefficient (Wildman–Crippen LogP) is 6.41. The average molecular weight is 508 g/mol. The first-order valence-corrected chi connectivity index (χ1v) is 12.6. The van der Waals surface area contributed by atoms with Gasteiger partial charge in [0.25, 0.3) is 0 Å². The molecule has 1 N–H and O–H groups in total. The van der Waals surface area contributed by atoms with Crippen molar-refractivity contribution in [3.05, 3.63) is 46.5 Å². The van der Waals surface area contributed by atoms with E-state index in [9.17, 15) is 9.59 Å². The molecule has 180 valence electrons. The van der Waals surface area contributed by atoms with Crippen molar-refractivity contribution in [2.75, 3.05) is 13.1 Å². The van der Waals surface area contributed by atoms with Gasteiger partial charge >= 0.3 is 0 Å². The molecule has 0 aromatic heterocycles. The summed E-state index contributed by atoms with van der Waals surface area (Å²) in [5.41, 5.74) is 1.87. The highest BCUT2D eigenvalue weighted by molar-refractivity contribution is 9.12. The van der Waals surface area contributed by atoms with Gasteiger partial charge in [0.1, 0.15) is 0 Å². The van der Waals surface area contributed by atoms with E-state index in [-0.39, 0.29) is 29.2 Å². The summed E-state index contributed by atoms with van der Waals surface area (Å²) in [6.07, 6.45) is 10.8. The van der Waals surface area contributed by atoms with Crippen LogP contribution in [-0.2, 0) is 9.59 Å². The maximum absolute atomic E-state index is 12.3. The number of rotatable bonds is 8. The van der Waals surface area contributed by atoms with Crippen LogP contribution in [0.5, 0.6) is 0 Å². The van der Waals surface area contributed by atoms with Crippen molar-refractivity contribution in [2.45, 2.75) is 73.8 Å². The van der Waals surface area contributed by atoms with Crippen LogP contribution in [0.2, 0.25) is 0 Å². The Kier molecular flexibility index (Phi) is 11.2. The largest absolute Gasteiger partial charge is 0.347 e. The highest BCUT2D eigenvalue weighted by atomic mass is 79.9. The number of piperidine rings is 1. The van der Waals surface area contributed by atoms with Crippen molar-refractivity contribution in [3.63, 3.8) is 0 Å². The Balaban J connectivity index is 0.000000368. The van der Waals surface area contributed by atoms with Gasteiger partial charge in [0.2, 0.25) is 11.8 Å². The third kappa shape index (κ3) is 8.06. The summed E-state index contributed by atoms with van der Waals surface area (Å²) in [5, 5.41) is 3.07. The third-order valence-corrected chi connectivity index (χ3v) is 7.34. The number of hydrogen-bond acceptors (Lipinski definition) is 2. The van der Waals surface area contributed by atoms with Crippen LogP contribution >= 0.6 is 15.9 Å². The maximum Gasteiger partial charge on any atom is 0.225 e. The van der Waals surface area contributed by atoms with Crippen molar-refractivity contribution in [1.82, 2.24) is 10.2 Å². The minimum absolute atomic E-state index is 0.0436. The standard InChI is InChI=1S/C16H26N2O2.C11H17Br/c1-9(2)15(20)18-7-11-12(8-18)13(11)14(19)17-16(5,6)10(3)4;1-4-6-7-8-9-11(12)10(3)5-2/h9,11-13H,3,7-8H2,1-2,4-6H3,(H,17,19);5,7-9H,4,6H2,1-3H3/b;8-7-,10-5+,11-9+. The molecule has 4 nitrogen and oxygen atoms in total. The van der Waals surface area contributed by atoms with Crippen molar-refractivity contribution in [1.29, 1.82) is 0 Å². The van der Waals surface area contributed by atoms with E-state index >= 15 is 0 Å². The number of amides is 2. The van der Waals surface area contributed by atoms with Crippen LogP contribution in [0, 0.1) is 23.7 Å². The molecule has 2 unspecified atom stereocenters. The van der Waals surface area contributed by atoms with Crippen molar-refractivity contribution in [3.8, 4) is 0 Å². The Morgan fingerprint density at radius 3 is 2.22 bits per heavy atom. The first-order chi connectivity index (χ1) is 14.9. The lowest BCUT2D eigenvalue weighted by atomic mass is 9.96. The Hall–Kier alpha value is -1.62. The Morgan fingerprint density at radius 2 is 1.78 bits per heavy atom. The fraction of sp³-hybridized carbons (Fsp3) is 0.630. The zero-order valence-corrected chi connectivity index (χ0v) is 22.9. The van der Waals surface area contributed by atoms with E-state index in [2.05, 4.69) is 66.0 Å². The summed E-state index contributed by atoms with van der Waals surface area (Å²) < 4.78 is 1.16. The quantitative estimate of drug-likeness (QED) is 0.305. The number of carbonyl (C=O) groups is 2. The summed E-state index contributed by atoms with van der Waals surface area (Å²) in [4.78, 5) is 26.1. The second kappa shape index (κ2) is 12.6. The molecule has 1 aliphatic carbocycles. The van der Waals surface area contributed by atoms with Gasteiger partial charge in [-0.05, 0) is 64.5 Å². The van der Waals surface area contributed by atoms with E-state index in [1.807, 2.05) is 46.4 Å². The molecule has 32 heavy (non-hydrogen) atoms. The van der Waals surface area contributed by atoms with E-state index < -0.39 is 0 Å². The molecule has 0 bridgehead atoms. The number of halogens is 1. The molecule has 2 aliphatic rings. The lowest BCUT2D eigenvalue weighted by Gasteiger charge is -2.28. The van der Waals surface area contributed by atoms with Gasteiger partial charge in [0, 0.05) is 29.4 Å². The van der Waals surface area contributed by atoms with Crippen molar-refractivity contribution >= 4 is 27.7 Å². The fourth-order valence-electron chi connectivity index (χ4n) is 3.64. The molecule has 0 aromatic rings. The van der Waals surface area contributed by atoms with Crippen LogP contribution in [0.25, 0.3) is 0 Å². The summed E-state index contributed by atoms with van der Waals surface area (Å²) >= 11 is 3.50. The molecule has 2 rings (SSSR count). The zero-order chi connectivity index (χ0) is 24.6. The van der Waals surface area contributed by atoms with Crippen LogP contribution in [0.4, 0.5) is 0 Å². The molecular formula is C27H43BrN2O2. The molecule has 1 heterocycles. The van der Waals surface area contributed by atoms with Crippen LogP contribution in [0.15, 0.2) is 46.5 Å². The summed E-state index contributed by atoms with van der Waals surface area (Å²) in [5.74, 6) is 1.17. The van der Waals surface area contributed by atoms with E-state index in [1.165, 1.54) is 12.0 Å². The van der Waals surface area contributed by atoms with E-state index in [0.717, 1.165) is 29.6 Å². The number of unbranched alkanes of at least 4 members (excludes halogenated alkanes) is 1. The molecule has 1 aliphatic heterocycles. The number of hydrogen-bond donors (Lipinski definition) is 1. The van der Waals surface area contributed by atoms with Crippen LogP contribution in [0.3, 0.4) is 0 Å². The first-order valence-electron chi connectivity index (χ1n) is 11.8. The zero-order valence-electron chi connectivity index (χ0n) is 21.3. The number of fused-ring (bicyclic) bond motifs is 1. The summed E-state index contributed by atoms with van der Waals surface area (Å²) in [6, 6.07) is 0. The Morgan fingerprint density at radius 1 is 1.22 bits per heavy atom. The van der Waals surface area contributed by atoms with Gasteiger partial charge in [0.05, 0.1) is 5.54 Å². The molecule has 1 saturated carbocycles. The molecule has 0 aromatic carbocycles. The average Bonchev–Trinajstić information content (AvgIpc) is 3.24. The molecule has 0 spiro atoms. The van der Waals surface area contributed by atoms with E-state index in [0.29, 0.717) is 11.8 Å². The Labute approximate surface area is 204 Å². The smallest absolute Gasteiger partial charge is 0.225 e. The normalized spacial score (nSPS) is 23.1. The number of nitrogens with one attached hydrogen (secondary N) is 1. The topological polar surface area (TPSA) is 49.4 Å². The minimum atomic E-state index is -0.360. The van der Waals surface area contributed by atoms with Crippen molar-refractivity contribution in [2.24, 2.45) is 23.7 Å². The van der Waals surface area contributed by atoms with Gasteiger partial charge in [-0.1, -0.05) is 73.5 Å². The van der Waals surface area contributed by atoms with Crippen molar-refractivity contribution < 1.29 is 9.59 Å². The number of carbonyl (C=O) groups excluding carboxylic acids is 2. The van der Waals surface area contributed by atoms with E-state index in [1.54, 1.807) is 0 Å². The SMILES string of the molecule is C/C=C(C)/C(Br)=C\C=C/CCC.C=C(C)C(C)(C)NC(=O)C1C2CN(C(=O)C(C)C)CC21. The molecule has 5 heteroatoms. The van der Waals surface area contributed by atoms with Gasteiger partial charge in [0.15, 0.2) is 0 Å². The lowest BCUT2D eigenvalue weighted by Crippen LogP contribution is -2.46. The van der Waals surface area contributed by atoms with Crippen LogP contribution in [-0.4, -0.2) is 35.3 Å². The number of allylic oxidation sites excluding steroid dienone is 6. The molecule has 2 amide bonds. The third-order valence-electron chi connectivity index (χ3n) is 6.45. The molecule has 0 radical (unpaired) electrons. The van der Waals surface area contributed by atoms with Gasteiger partial charge < -0.3 is 10.2 Å². The number of likely N-dealkylation sites (tertiary alicyclic amines) is 1. The van der Waals surface area contributed by atoms with Gasteiger partial charge in [-0.3, -0.25) is 9.59 Å². The van der Waals surface area contributed by atoms with Gasteiger partial charge in [-0.2, -0.15) is 0 Å². The van der Waals surface area contributed by atoms with E-state index in [4.69, 9.17) is 0 Å². The summed E-state index contributed by atoms with van der Waals surface area (Å²) in [6.45, 7) is 21.4. The number of nitrogens with zero attached hydrogens (tertiary/aromatic N) is 1. The summed E-state index contributed by atoms with van der Waals surface area (Å²) in [7, 11) is 0. The van der Waals surface area contributed by atoms with Crippen LogP contribution in [0.1, 0.15) is 68.2 Å². The second-order valence-electron chi connectivity index (χ2n) is 9.85. The minimum Gasteiger partial charge on any atom is -0.347 e. The highest BCUT2D eigenvalue weighted by Gasteiger charge is 2.60. The molecule has 2 fully saturated rings. The second-order valence-corrected chi connectivity index (χ2v) is 10.7. The first kappa shape index (κ1) is 28.4. The van der Waals surface area contributed by atoms with Crippen LogP contribution < -0.4 is 5.32 Å². The van der Waals surface area contributed by atoms with Gasteiger partial charge in [-0.15, -0.1) is 0 Å². The molecule has 1 saturated heterocycles. The fourth-order valence-corrected chi connectivity index (χ4v) is 4.02. The molecule has 2 atom stereocenters. The highest BCUT2D eigenvalue weighted by Crippen LogP contribution is 2.52. The monoisotopic (exact) mass is 506 g/mol. The molecular weight excluding hydrogens is 464 g/mol.